The van der Waals surface area contributed by atoms with Crippen LogP contribution in [-0.4, -0.2) is 33.5 Å². The van der Waals surface area contributed by atoms with Crippen LogP contribution in [0, 0.1) is 0 Å². The van der Waals surface area contributed by atoms with Crippen molar-refractivity contribution >= 4 is 6.09 Å². The Labute approximate surface area is 108 Å². The maximum atomic E-state index is 12.3. The van der Waals surface area contributed by atoms with Crippen molar-refractivity contribution in [2.75, 3.05) is 0 Å². The second-order valence-electron chi connectivity index (χ2n) is 5.10. The monoisotopic (exact) mass is 279 g/mol. The smallest absolute Gasteiger partial charge is 0.419 e. The van der Waals surface area contributed by atoms with E-state index in [1.54, 1.807) is 20.8 Å². The quantitative estimate of drug-likeness (QED) is 0.900. The summed E-state index contributed by atoms with van der Waals surface area (Å²) in [6.07, 6.45) is -3.40. The van der Waals surface area contributed by atoms with Crippen LogP contribution >= 0.6 is 0 Å². The lowest BCUT2D eigenvalue weighted by Crippen LogP contribution is -2.39. The Balaban J connectivity index is 2.70. The molecule has 1 atom stereocenters. The molecule has 1 aromatic rings. The molecule has 0 spiro atoms. The van der Waals surface area contributed by atoms with E-state index in [0.717, 1.165) is 10.9 Å². The first-order chi connectivity index (χ1) is 8.49. The highest BCUT2D eigenvalue weighted by Crippen LogP contribution is 2.21. The van der Waals surface area contributed by atoms with Gasteiger partial charge in [0.05, 0.1) is 5.69 Å². The number of carbonyl (C=O) groups excluding carboxylic acids is 1. The van der Waals surface area contributed by atoms with Gasteiger partial charge < -0.3 is 10.5 Å². The van der Waals surface area contributed by atoms with Gasteiger partial charge in [-0.25, -0.2) is 14.3 Å². The number of ether oxygens (including phenoxy) is 1. The molecule has 1 heterocycles. The predicted octanol–water partition coefficient (Wildman–Crippen LogP) is 2.10. The molecule has 1 aromatic heterocycles. The van der Waals surface area contributed by atoms with Crippen molar-refractivity contribution < 1.29 is 22.7 Å². The van der Waals surface area contributed by atoms with Gasteiger partial charge in [0.25, 0.3) is 0 Å². The van der Waals surface area contributed by atoms with Crippen molar-refractivity contribution in [3.8, 4) is 0 Å². The molecular weight excluding hydrogens is 263 g/mol. The number of nitrogens with two attached hydrogens (primary N) is 1. The van der Waals surface area contributed by atoms with E-state index in [9.17, 15) is 18.0 Å². The first-order valence-electron chi connectivity index (χ1n) is 5.57. The number of hydrogen-bond acceptors (Lipinski definition) is 4. The van der Waals surface area contributed by atoms with Crippen LogP contribution in [0.3, 0.4) is 0 Å². The van der Waals surface area contributed by atoms with Crippen molar-refractivity contribution in [3.05, 3.63) is 18.2 Å². The second-order valence-corrected chi connectivity index (χ2v) is 5.10. The standard InChI is InChI=1S/C11H16F3N3O2/c1-10(2,3)19-9(18)17-5-7(16-6-17)4-8(15)11(12,13)14/h5-6,8H,4,15H2,1-3H3. The van der Waals surface area contributed by atoms with Gasteiger partial charge in [-0.05, 0) is 20.8 Å². The number of alkyl halides is 3. The van der Waals surface area contributed by atoms with Crippen LogP contribution in [0.5, 0.6) is 0 Å². The third-order valence-electron chi connectivity index (χ3n) is 2.09. The summed E-state index contributed by atoms with van der Waals surface area (Å²) in [7, 11) is 0. The highest BCUT2D eigenvalue weighted by Gasteiger charge is 2.37. The third-order valence-corrected chi connectivity index (χ3v) is 2.09. The molecule has 0 aliphatic heterocycles. The number of hydrogen-bond donors (Lipinski definition) is 1. The molecule has 0 fully saturated rings. The zero-order valence-electron chi connectivity index (χ0n) is 10.9. The first-order valence-corrected chi connectivity index (χ1v) is 5.57. The molecule has 0 aliphatic rings. The Morgan fingerprint density at radius 2 is 2.05 bits per heavy atom. The summed E-state index contributed by atoms with van der Waals surface area (Å²) in [5.41, 5.74) is 4.37. The summed E-state index contributed by atoms with van der Waals surface area (Å²) in [5, 5.41) is 0. The summed E-state index contributed by atoms with van der Waals surface area (Å²) in [6, 6.07) is -2.01. The Kier molecular flexibility index (Phi) is 4.24. The number of imidazole rings is 1. The van der Waals surface area contributed by atoms with Gasteiger partial charge in [0.15, 0.2) is 0 Å². The van der Waals surface area contributed by atoms with Gasteiger partial charge in [-0.2, -0.15) is 13.2 Å². The molecule has 108 valence electrons. The van der Waals surface area contributed by atoms with Crippen LogP contribution in [0.15, 0.2) is 12.5 Å². The highest BCUT2D eigenvalue weighted by molar-refractivity contribution is 5.70. The van der Waals surface area contributed by atoms with Gasteiger partial charge >= 0.3 is 12.3 Å². The van der Waals surface area contributed by atoms with Crippen molar-refractivity contribution in [1.29, 1.82) is 0 Å². The van der Waals surface area contributed by atoms with Gasteiger partial charge in [-0.3, -0.25) is 0 Å². The van der Waals surface area contributed by atoms with Gasteiger partial charge in [0.2, 0.25) is 0 Å². The molecule has 1 rings (SSSR count). The summed E-state index contributed by atoms with van der Waals surface area (Å²) in [5.74, 6) is 0. The van der Waals surface area contributed by atoms with Crippen LogP contribution in [0.1, 0.15) is 26.5 Å². The van der Waals surface area contributed by atoms with Crippen molar-refractivity contribution in [1.82, 2.24) is 9.55 Å². The van der Waals surface area contributed by atoms with Crippen LogP contribution < -0.4 is 5.73 Å². The van der Waals surface area contributed by atoms with E-state index in [0.29, 0.717) is 0 Å². The maximum Gasteiger partial charge on any atom is 0.419 e. The molecule has 1 unspecified atom stereocenters. The Morgan fingerprint density at radius 1 is 1.47 bits per heavy atom. The van der Waals surface area contributed by atoms with Gasteiger partial charge in [-0.1, -0.05) is 0 Å². The molecule has 0 aromatic carbocycles. The Bertz CT molecular complexity index is 449. The third kappa shape index (κ3) is 4.90. The van der Waals surface area contributed by atoms with Gasteiger partial charge in [0.1, 0.15) is 18.0 Å². The molecule has 8 heteroatoms. The number of carbonyl (C=O) groups is 1. The fraction of sp³-hybridized carbons (Fsp3) is 0.636. The summed E-state index contributed by atoms with van der Waals surface area (Å²) >= 11 is 0. The fourth-order valence-electron chi connectivity index (χ4n) is 1.22. The second kappa shape index (κ2) is 5.20. The normalized spacial score (nSPS) is 14.3. The summed E-state index contributed by atoms with van der Waals surface area (Å²) in [4.78, 5) is 15.3. The van der Waals surface area contributed by atoms with E-state index in [2.05, 4.69) is 4.98 Å². The van der Waals surface area contributed by atoms with E-state index in [4.69, 9.17) is 10.5 Å². The van der Waals surface area contributed by atoms with Crippen molar-refractivity contribution in [2.45, 2.75) is 45.0 Å². The number of aromatic nitrogens is 2. The lowest BCUT2D eigenvalue weighted by atomic mass is 10.2. The van der Waals surface area contributed by atoms with E-state index >= 15 is 0 Å². The van der Waals surface area contributed by atoms with Crippen LogP contribution in [-0.2, 0) is 11.2 Å². The molecular formula is C11H16F3N3O2. The largest absolute Gasteiger partial charge is 0.443 e. The zero-order valence-corrected chi connectivity index (χ0v) is 10.9. The number of nitrogens with zero attached hydrogens (tertiary/aromatic N) is 2. The van der Waals surface area contributed by atoms with Crippen molar-refractivity contribution in [3.63, 3.8) is 0 Å². The van der Waals surface area contributed by atoms with Crippen LogP contribution in [0.2, 0.25) is 0 Å². The average molecular weight is 279 g/mol. The number of halogens is 3. The van der Waals surface area contributed by atoms with E-state index < -0.39 is 30.3 Å². The fourth-order valence-corrected chi connectivity index (χ4v) is 1.22. The minimum absolute atomic E-state index is 0.0793. The Morgan fingerprint density at radius 3 is 2.53 bits per heavy atom. The van der Waals surface area contributed by atoms with Crippen molar-refractivity contribution in [2.24, 2.45) is 5.73 Å². The van der Waals surface area contributed by atoms with Crippen LogP contribution in [0.4, 0.5) is 18.0 Å². The molecule has 0 saturated carbocycles. The maximum absolute atomic E-state index is 12.3. The van der Waals surface area contributed by atoms with Gasteiger partial charge in [-0.15, -0.1) is 0 Å². The highest BCUT2D eigenvalue weighted by atomic mass is 19.4. The first kappa shape index (κ1) is 15.5. The molecule has 19 heavy (non-hydrogen) atoms. The topological polar surface area (TPSA) is 70.1 Å². The molecule has 5 nitrogen and oxygen atoms in total. The van der Waals surface area contributed by atoms with E-state index in [1.807, 2.05) is 0 Å². The van der Waals surface area contributed by atoms with E-state index in [-0.39, 0.29) is 5.69 Å². The lowest BCUT2D eigenvalue weighted by Gasteiger charge is -2.19. The van der Waals surface area contributed by atoms with Gasteiger partial charge in [0, 0.05) is 12.6 Å². The SMILES string of the molecule is CC(C)(C)OC(=O)n1cnc(CC(N)C(F)(F)F)c1. The molecule has 0 amide bonds. The molecule has 2 N–H and O–H groups in total. The lowest BCUT2D eigenvalue weighted by molar-refractivity contribution is -0.147. The zero-order chi connectivity index (χ0) is 14.8. The molecule has 0 aliphatic carbocycles. The predicted molar refractivity (Wildman–Crippen MR) is 61.6 cm³/mol. The summed E-state index contributed by atoms with van der Waals surface area (Å²) in [6.45, 7) is 5.05. The number of rotatable bonds is 2. The van der Waals surface area contributed by atoms with Crippen LogP contribution in [0.25, 0.3) is 0 Å². The molecule has 0 radical (unpaired) electrons. The minimum atomic E-state index is -4.49. The minimum Gasteiger partial charge on any atom is -0.443 e. The van der Waals surface area contributed by atoms with E-state index in [1.165, 1.54) is 6.20 Å². The Hall–Kier alpha value is -1.57. The molecule has 0 bridgehead atoms. The molecule has 0 saturated heterocycles. The average Bonchev–Trinajstić information content (AvgIpc) is 2.62. The summed E-state index contributed by atoms with van der Waals surface area (Å²) < 4.78 is 42.8.